The van der Waals surface area contributed by atoms with Crippen molar-refractivity contribution in [2.45, 2.75) is 51.4 Å². The Labute approximate surface area is 170 Å². The van der Waals surface area contributed by atoms with E-state index in [4.69, 9.17) is 11.5 Å². The molecule has 10 nitrogen and oxygen atoms in total. The van der Waals surface area contributed by atoms with Crippen molar-refractivity contribution in [3.63, 3.8) is 0 Å². The summed E-state index contributed by atoms with van der Waals surface area (Å²) in [5.41, 5.74) is 10.7. The van der Waals surface area contributed by atoms with Crippen LogP contribution in [0.1, 0.15) is 33.1 Å². The summed E-state index contributed by atoms with van der Waals surface area (Å²) < 4.78 is 41.4. The van der Waals surface area contributed by atoms with Crippen molar-refractivity contribution in [3.8, 4) is 0 Å². The lowest BCUT2D eigenvalue weighted by Gasteiger charge is -2.35. The zero-order valence-electron chi connectivity index (χ0n) is 16.6. The van der Waals surface area contributed by atoms with Gasteiger partial charge in [0.2, 0.25) is 11.8 Å². The van der Waals surface area contributed by atoms with Crippen LogP contribution in [0.2, 0.25) is 0 Å². The van der Waals surface area contributed by atoms with Crippen LogP contribution in [0.3, 0.4) is 0 Å². The summed E-state index contributed by atoms with van der Waals surface area (Å²) in [6.45, 7) is 2.00. The fourth-order valence-corrected chi connectivity index (χ4v) is 3.14. The second kappa shape index (κ2) is 10.5. The van der Waals surface area contributed by atoms with Crippen LogP contribution in [-0.2, 0) is 28.7 Å². The van der Waals surface area contributed by atoms with E-state index in [9.17, 15) is 37.1 Å². The fraction of sp³-hybridized carbons (Fsp3) is 0.706. The van der Waals surface area contributed by atoms with Gasteiger partial charge in [-0.05, 0) is 18.8 Å². The van der Waals surface area contributed by atoms with Crippen LogP contribution in [0, 0.1) is 5.92 Å². The van der Waals surface area contributed by atoms with Crippen molar-refractivity contribution in [2.75, 3.05) is 19.6 Å². The molecule has 30 heavy (non-hydrogen) atoms. The second-order valence-corrected chi connectivity index (χ2v) is 6.79. The number of rotatable bonds is 7. The highest BCUT2D eigenvalue weighted by atomic mass is 19.4. The Bertz CT molecular complexity index is 699. The molecular formula is C17H25F3N4O6. The molecule has 1 heterocycles. The third-order valence-electron chi connectivity index (χ3n) is 4.84. The number of hydrogen-bond acceptors (Lipinski definition) is 8. The topological polar surface area (TPSA) is 153 Å². The van der Waals surface area contributed by atoms with Gasteiger partial charge in [0.1, 0.15) is 12.1 Å². The lowest BCUT2D eigenvalue weighted by atomic mass is 9.96. The van der Waals surface area contributed by atoms with Gasteiger partial charge in [0.05, 0.1) is 13.1 Å². The van der Waals surface area contributed by atoms with Crippen LogP contribution in [0.15, 0.2) is 0 Å². The minimum absolute atomic E-state index is 0.151. The van der Waals surface area contributed by atoms with E-state index in [0.29, 0.717) is 11.3 Å². The van der Waals surface area contributed by atoms with Gasteiger partial charge in [0.15, 0.2) is 0 Å². The van der Waals surface area contributed by atoms with Crippen molar-refractivity contribution in [1.29, 1.82) is 0 Å². The van der Waals surface area contributed by atoms with Crippen LogP contribution >= 0.6 is 0 Å². The van der Waals surface area contributed by atoms with Gasteiger partial charge in [-0.2, -0.15) is 13.2 Å². The Morgan fingerprint density at radius 3 is 2.23 bits per heavy atom. The van der Waals surface area contributed by atoms with Gasteiger partial charge in [-0.1, -0.05) is 20.3 Å². The van der Waals surface area contributed by atoms with Crippen LogP contribution in [0.25, 0.3) is 0 Å². The first-order valence-electron chi connectivity index (χ1n) is 9.28. The average molecular weight is 438 g/mol. The van der Waals surface area contributed by atoms with Gasteiger partial charge in [0, 0.05) is 6.54 Å². The lowest BCUT2D eigenvalue weighted by molar-refractivity contribution is -0.204. The molecule has 0 radical (unpaired) electrons. The number of esters is 2. The molecule has 1 rings (SSSR count). The molecule has 0 saturated carbocycles. The van der Waals surface area contributed by atoms with Crippen LogP contribution < -0.4 is 11.5 Å². The zero-order chi connectivity index (χ0) is 23.2. The molecule has 0 aromatic heterocycles. The van der Waals surface area contributed by atoms with Crippen molar-refractivity contribution < 1.29 is 41.9 Å². The Morgan fingerprint density at radius 2 is 1.77 bits per heavy atom. The number of hydrogen-bond donors (Lipinski definition) is 2. The van der Waals surface area contributed by atoms with E-state index in [1.54, 1.807) is 6.92 Å². The predicted molar refractivity (Wildman–Crippen MR) is 95.1 cm³/mol. The number of alkyl halides is 3. The Kier molecular flexibility index (Phi) is 8.90. The molecule has 13 heteroatoms. The molecule has 0 aromatic rings. The molecule has 1 saturated heterocycles. The van der Waals surface area contributed by atoms with Crippen LogP contribution in [0.4, 0.5) is 13.2 Å². The largest absolute Gasteiger partial charge is 0.491 e. The SMILES string of the molecule is CC[C@H](C)[C@@H](C(=O)OC(=O)C(F)(F)F)N(C(=O)CN)C(=O)[C@@H]1CCCN1C(=O)CN. The van der Waals surface area contributed by atoms with Crippen molar-refractivity contribution in [2.24, 2.45) is 17.4 Å². The summed E-state index contributed by atoms with van der Waals surface area (Å²) in [5, 5.41) is 0. The summed E-state index contributed by atoms with van der Waals surface area (Å²) in [4.78, 5) is 62.6. The molecule has 0 unspecified atom stereocenters. The van der Waals surface area contributed by atoms with Gasteiger partial charge in [-0.3, -0.25) is 19.3 Å². The summed E-state index contributed by atoms with van der Waals surface area (Å²) in [6.07, 6.45) is -4.73. The van der Waals surface area contributed by atoms with E-state index in [2.05, 4.69) is 4.74 Å². The summed E-state index contributed by atoms with van der Waals surface area (Å²) in [5.74, 6) is -7.97. The number of amides is 3. The normalized spacial score (nSPS) is 18.5. The van der Waals surface area contributed by atoms with E-state index in [-0.39, 0.29) is 19.4 Å². The monoisotopic (exact) mass is 438 g/mol. The number of nitrogens with two attached hydrogens (primary N) is 2. The highest BCUT2D eigenvalue weighted by molar-refractivity contribution is 6.04. The first kappa shape index (κ1) is 25.5. The quantitative estimate of drug-likeness (QED) is 0.391. The smallest absolute Gasteiger partial charge is 0.385 e. The maximum Gasteiger partial charge on any atom is 0.491 e. The number of carbonyl (C=O) groups is 5. The Morgan fingerprint density at radius 1 is 1.17 bits per heavy atom. The number of likely N-dealkylation sites (tertiary alicyclic amines) is 1. The fourth-order valence-electron chi connectivity index (χ4n) is 3.14. The average Bonchev–Trinajstić information content (AvgIpc) is 3.18. The first-order chi connectivity index (χ1) is 13.9. The van der Waals surface area contributed by atoms with E-state index >= 15 is 0 Å². The van der Waals surface area contributed by atoms with E-state index in [1.165, 1.54) is 6.92 Å². The number of imide groups is 1. The third-order valence-corrected chi connectivity index (χ3v) is 4.84. The van der Waals surface area contributed by atoms with Gasteiger partial charge < -0.3 is 21.1 Å². The van der Waals surface area contributed by atoms with Gasteiger partial charge in [0.25, 0.3) is 5.91 Å². The molecule has 3 atom stereocenters. The minimum Gasteiger partial charge on any atom is -0.385 e. The molecule has 0 aromatic carbocycles. The van der Waals surface area contributed by atoms with Crippen molar-refractivity contribution in [3.05, 3.63) is 0 Å². The highest BCUT2D eigenvalue weighted by Gasteiger charge is 2.48. The van der Waals surface area contributed by atoms with Crippen LogP contribution in [-0.4, -0.2) is 77.4 Å². The first-order valence-corrected chi connectivity index (χ1v) is 9.28. The van der Waals surface area contributed by atoms with Crippen molar-refractivity contribution in [1.82, 2.24) is 9.80 Å². The molecule has 0 spiro atoms. The summed E-state index contributed by atoms with van der Waals surface area (Å²) in [6, 6.07) is -2.98. The second-order valence-electron chi connectivity index (χ2n) is 6.79. The number of halogens is 3. The summed E-state index contributed by atoms with van der Waals surface area (Å²) >= 11 is 0. The van der Waals surface area contributed by atoms with Crippen LogP contribution in [0.5, 0.6) is 0 Å². The standard InChI is InChI=1S/C17H25F3N4O6/c1-3-9(2)13(15(28)30-16(29)17(18,19)20)24(12(26)8-22)14(27)10-5-4-6-23(10)11(25)7-21/h9-10,13H,3-8,21-22H2,1-2H3/t9-,10-,13-/m0/s1. The molecule has 4 N–H and O–H groups in total. The number of ether oxygens (including phenoxy) is 1. The molecular weight excluding hydrogens is 413 g/mol. The number of nitrogens with zero attached hydrogens (tertiary/aromatic N) is 2. The van der Waals surface area contributed by atoms with E-state index < -0.39 is 66.9 Å². The van der Waals surface area contributed by atoms with Gasteiger partial charge in [-0.15, -0.1) is 0 Å². The lowest BCUT2D eigenvalue weighted by Crippen LogP contribution is -2.59. The zero-order valence-corrected chi connectivity index (χ0v) is 16.6. The predicted octanol–water partition coefficient (Wildman–Crippen LogP) is -0.703. The molecule has 1 aliphatic heterocycles. The molecule has 0 aliphatic carbocycles. The minimum atomic E-state index is -5.45. The van der Waals surface area contributed by atoms with E-state index in [1.807, 2.05) is 0 Å². The highest BCUT2D eigenvalue weighted by Crippen LogP contribution is 2.25. The third kappa shape index (κ3) is 5.75. The molecule has 170 valence electrons. The molecule has 1 fully saturated rings. The van der Waals surface area contributed by atoms with Crippen molar-refractivity contribution >= 4 is 29.7 Å². The Hall–Kier alpha value is -2.54. The molecule has 0 bridgehead atoms. The molecule has 1 aliphatic rings. The van der Waals surface area contributed by atoms with E-state index in [0.717, 1.165) is 4.90 Å². The number of carbonyl (C=O) groups excluding carboxylic acids is 5. The molecule has 3 amide bonds. The van der Waals surface area contributed by atoms with Gasteiger partial charge in [-0.25, -0.2) is 9.59 Å². The Balaban J connectivity index is 3.33. The maximum absolute atomic E-state index is 13.1. The van der Waals surface area contributed by atoms with Gasteiger partial charge >= 0.3 is 18.1 Å². The summed E-state index contributed by atoms with van der Waals surface area (Å²) in [7, 11) is 0. The maximum atomic E-state index is 13.1.